The number of furan rings is 1. The van der Waals surface area contributed by atoms with Crippen molar-refractivity contribution in [3.8, 4) is 0 Å². The van der Waals surface area contributed by atoms with E-state index >= 15 is 0 Å². The maximum absolute atomic E-state index is 5.72. The standard InChI is InChI=1S/C21H36N4O2/c1-2-3-12-25-13-9-18(10-14-25)24-21(23-17-20-7-5-16-27-20)22-11-8-19-6-4-15-26-19/h4,6,15,18,20H,2-3,5,7-14,16-17H2,1H3,(H2,22,23,24). The van der Waals surface area contributed by atoms with Gasteiger partial charge in [0.05, 0.1) is 18.9 Å². The molecule has 2 N–H and O–H groups in total. The summed E-state index contributed by atoms with van der Waals surface area (Å²) in [5, 5.41) is 7.15. The van der Waals surface area contributed by atoms with Gasteiger partial charge in [0.1, 0.15) is 5.76 Å². The fourth-order valence-electron chi connectivity index (χ4n) is 3.77. The summed E-state index contributed by atoms with van der Waals surface area (Å²) >= 11 is 0. The number of rotatable bonds is 9. The lowest BCUT2D eigenvalue weighted by molar-refractivity contribution is 0.117. The first-order valence-electron chi connectivity index (χ1n) is 10.7. The molecule has 2 aliphatic rings. The van der Waals surface area contributed by atoms with Crippen molar-refractivity contribution in [3.05, 3.63) is 24.2 Å². The Hall–Kier alpha value is -1.53. The third-order valence-electron chi connectivity index (χ3n) is 5.48. The van der Waals surface area contributed by atoms with E-state index < -0.39 is 0 Å². The molecule has 3 rings (SSSR count). The highest BCUT2D eigenvalue weighted by Gasteiger charge is 2.20. The van der Waals surface area contributed by atoms with E-state index in [1.165, 1.54) is 45.3 Å². The molecule has 152 valence electrons. The molecule has 1 unspecified atom stereocenters. The maximum atomic E-state index is 5.72. The van der Waals surface area contributed by atoms with Crippen LogP contribution in [0.5, 0.6) is 0 Å². The van der Waals surface area contributed by atoms with Gasteiger partial charge >= 0.3 is 0 Å². The Morgan fingerprint density at radius 3 is 2.89 bits per heavy atom. The molecule has 2 fully saturated rings. The number of piperidine rings is 1. The van der Waals surface area contributed by atoms with Gasteiger partial charge in [-0.2, -0.15) is 0 Å². The molecule has 0 spiro atoms. The highest BCUT2D eigenvalue weighted by molar-refractivity contribution is 5.80. The Labute approximate surface area is 163 Å². The van der Waals surface area contributed by atoms with Gasteiger partial charge in [-0.25, -0.2) is 0 Å². The van der Waals surface area contributed by atoms with Gasteiger partial charge in [-0.05, 0) is 50.8 Å². The van der Waals surface area contributed by atoms with Crippen molar-refractivity contribution in [3.63, 3.8) is 0 Å². The smallest absolute Gasteiger partial charge is 0.191 e. The number of guanidine groups is 1. The molecule has 0 bridgehead atoms. The molecular weight excluding hydrogens is 340 g/mol. The SMILES string of the molecule is CCCCN1CCC(NC(=NCC2CCCO2)NCCc2ccco2)CC1. The number of unbranched alkanes of at least 4 members (excludes halogenated alkanes) is 1. The minimum Gasteiger partial charge on any atom is -0.469 e. The predicted molar refractivity (Wildman–Crippen MR) is 109 cm³/mol. The van der Waals surface area contributed by atoms with Crippen LogP contribution in [-0.2, 0) is 11.2 Å². The van der Waals surface area contributed by atoms with Crippen LogP contribution in [-0.4, -0.2) is 62.3 Å². The zero-order chi connectivity index (χ0) is 18.7. The summed E-state index contributed by atoms with van der Waals surface area (Å²) < 4.78 is 11.1. The van der Waals surface area contributed by atoms with Crippen LogP contribution in [0.15, 0.2) is 27.8 Å². The number of nitrogens with zero attached hydrogens (tertiary/aromatic N) is 2. The van der Waals surface area contributed by atoms with Gasteiger partial charge in [-0.1, -0.05) is 13.3 Å². The Balaban J connectivity index is 1.45. The molecule has 1 atom stereocenters. The lowest BCUT2D eigenvalue weighted by Crippen LogP contribution is -2.49. The van der Waals surface area contributed by atoms with Gasteiger partial charge in [0.15, 0.2) is 5.96 Å². The topological polar surface area (TPSA) is 62.0 Å². The molecule has 1 aromatic rings. The molecule has 2 saturated heterocycles. The van der Waals surface area contributed by atoms with Gasteiger partial charge in [0.25, 0.3) is 0 Å². The minimum atomic E-state index is 0.282. The number of ether oxygens (including phenoxy) is 1. The number of likely N-dealkylation sites (tertiary alicyclic amines) is 1. The van der Waals surface area contributed by atoms with Crippen LogP contribution in [0.1, 0.15) is 51.2 Å². The molecule has 1 aromatic heterocycles. The Kier molecular flexibility index (Phi) is 8.49. The van der Waals surface area contributed by atoms with Crippen LogP contribution in [0, 0.1) is 0 Å². The molecule has 0 amide bonds. The van der Waals surface area contributed by atoms with Gasteiger partial charge < -0.3 is 24.7 Å². The van der Waals surface area contributed by atoms with Gasteiger partial charge in [-0.15, -0.1) is 0 Å². The minimum absolute atomic E-state index is 0.282. The number of aliphatic imine (C=N–C) groups is 1. The van der Waals surface area contributed by atoms with E-state index in [4.69, 9.17) is 14.1 Å². The summed E-state index contributed by atoms with van der Waals surface area (Å²) in [7, 11) is 0. The van der Waals surface area contributed by atoms with Gasteiger partial charge in [0, 0.05) is 38.7 Å². The first kappa shape index (κ1) is 20.2. The molecule has 0 aliphatic carbocycles. The van der Waals surface area contributed by atoms with Crippen LogP contribution in [0.3, 0.4) is 0 Å². The van der Waals surface area contributed by atoms with Crippen molar-refractivity contribution in [1.29, 1.82) is 0 Å². The van der Waals surface area contributed by atoms with Crippen LogP contribution in [0.4, 0.5) is 0 Å². The lowest BCUT2D eigenvalue weighted by Gasteiger charge is -2.33. The number of hydrogen-bond acceptors (Lipinski definition) is 4. The zero-order valence-electron chi connectivity index (χ0n) is 16.8. The summed E-state index contributed by atoms with van der Waals surface area (Å²) in [6.45, 7) is 8.31. The van der Waals surface area contributed by atoms with Crippen molar-refractivity contribution in [2.75, 3.05) is 39.3 Å². The number of nitrogens with one attached hydrogen (secondary N) is 2. The fourth-order valence-corrected chi connectivity index (χ4v) is 3.77. The maximum Gasteiger partial charge on any atom is 0.191 e. The average Bonchev–Trinajstić information content (AvgIpc) is 3.39. The summed E-state index contributed by atoms with van der Waals surface area (Å²) in [5.41, 5.74) is 0. The molecule has 2 aliphatic heterocycles. The van der Waals surface area contributed by atoms with E-state index in [0.717, 1.165) is 50.7 Å². The van der Waals surface area contributed by atoms with E-state index in [2.05, 4.69) is 22.5 Å². The van der Waals surface area contributed by atoms with Gasteiger partial charge in [-0.3, -0.25) is 4.99 Å². The van der Waals surface area contributed by atoms with Crippen LogP contribution >= 0.6 is 0 Å². The molecule has 0 radical (unpaired) electrons. The fraction of sp³-hybridized carbons (Fsp3) is 0.762. The number of hydrogen-bond donors (Lipinski definition) is 2. The Bertz CT molecular complexity index is 532. The summed E-state index contributed by atoms with van der Waals surface area (Å²) in [6.07, 6.45) is 10.1. The largest absolute Gasteiger partial charge is 0.469 e. The van der Waals surface area contributed by atoms with Crippen LogP contribution in [0.25, 0.3) is 0 Å². The second-order valence-electron chi connectivity index (χ2n) is 7.69. The van der Waals surface area contributed by atoms with Gasteiger partial charge in [0.2, 0.25) is 0 Å². The van der Waals surface area contributed by atoms with Crippen LogP contribution < -0.4 is 10.6 Å². The normalized spacial score (nSPS) is 22.3. The van der Waals surface area contributed by atoms with E-state index in [9.17, 15) is 0 Å². The summed E-state index contributed by atoms with van der Waals surface area (Å²) in [6, 6.07) is 4.46. The third-order valence-corrected chi connectivity index (χ3v) is 5.48. The molecule has 3 heterocycles. The summed E-state index contributed by atoms with van der Waals surface area (Å²) in [4.78, 5) is 7.40. The van der Waals surface area contributed by atoms with Crippen molar-refractivity contribution in [2.45, 2.75) is 64.0 Å². The Morgan fingerprint density at radius 1 is 1.30 bits per heavy atom. The lowest BCUT2D eigenvalue weighted by atomic mass is 10.0. The monoisotopic (exact) mass is 376 g/mol. The van der Waals surface area contributed by atoms with E-state index in [-0.39, 0.29) is 6.10 Å². The van der Waals surface area contributed by atoms with Crippen molar-refractivity contribution in [2.24, 2.45) is 4.99 Å². The highest BCUT2D eigenvalue weighted by Crippen LogP contribution is 2.13. The van der Waals surface area contributed by atoms with Crippen molar-refractivity contribution < 1.29 is 9.15 Å². The third kappa shape index (κ3) is 7.18. The molecule has 6 heteroatoms. The molecule has 27 heavy (non-hydrogen) atoms. The average molecular weight is 377 g/mol. The van der Waals surface area contributed by atoms with Crippen LogP contribution in [0.2, 0.25) is 0 Å². The molecule has 0 aromatic carbocycles. The molecule has 6 nitrogen and oxygen atoms in total. The first-order valence-corrected chi connectivity index (χ1v) is 10.7. The van der Waals surface area contributed by atoms with E-state index in [1.54, 1.807) is 6.26 Å². The van der Waals surface area contributed by atoms with Crippen molar-refractivity contribution >= 4 is 5.96 Å². The summed E-state index contributed by atoms with van der Waals surface area (Å²) in [5.74, 6) is 1.93. The van der Waals surface area contributed by atoms with Crippen molar-refractivity contribution in [1.82, 2.24) is 15.5 Å². The molecular formula is C21H36N4O2. The Morgan fingerprint density at radius 2 is 2.19 bits per heavy atom. The second kappa shape index (κ2) is 11.3. The quantitative estimate of drug-likeness (QED) is 0.513. The highest BCUT2D eigenvalue weighted by atomic mass is 16.5. The van der Waals surface area contributed by atoms with E-state index in [1.807, 2.05) is 12.1 Å². The van der Waals surface area contributed by atoms with E-state index in [0.29, 0.717) is 6.04 Å². The second-order valence-corrected chi connectivity index (χ2v) is 7.69. The first-order chi connectivity index (χ1) is 13.3. The zero-order valence-corrected chi connectivity index (χ0v) is 16.8. The predicted octanol–water partition coefficient (Wildman–Crippen LogP) is 2.80. The molecule has 0 saturated carbocycles.